The number of hydrogen-bond donors (Lipinski definition) is 1. The van der Waals surface area contributed by atoms with E-state index in [0.29, 0.717) is 0 Å². The van der Waals surface area contributed by atoms with Gasteiger partial charge in [0, 0.05) is 44.2 Å². The lowest BCUT2D eigenvalue weighted by atomic mass is 10.1. The summed E-state index contributed by atoms with van der Waals surface area (Å²) in [5.41, 5.74) is 0. The third-order valence-electron chi connectivity index (χ3n) is 4.81. The zero-order valence-electron chi connectivity index (χ0n) is 15.3. The highest BCUT2D eigenvalue weighted by atomic mass is 127. The molecule has 2 saturated heterocycles. The van der Waals surface area contributed by atoms with Gasteiger partial charge in [-0.15, -0.1) is 24.0 Å². The summed E-state index contributed by atoms with van der Waals surface area (Å²) in [7, 11) is 1.92. The summed E-state index contributed by atoms with van der Waals surface area (Å²) in [5.74, 6) is 3.85. The van der Waals surface area contributed by atoms with Gasteiger partial charge in [-0.05, 0) is 37.8 Å². The van der Waals surface area contributed by atoms with E-state index in [0.717, 1.165) is 42.7 Å². The molecule has 2 rings (SSSR count). The van der Waals surface area contributed by atoms with Gasteiger partial charge in [0.05, 0.1) is 0 Å². The van der Waals surface area contributed by atoms with E-state index >= 15 is 0 Å². The van der Waals surface area contributed by atoms with Gasteiger partial charge < -0.3 is 15.1 Å². The van der Waals surface area contributed by atoms with E-state index in [2.05, 4.69) is 52.6 Å². The molecular weight excluding hydrogens is 419 g/mol. The second-order valence-electron chi connectivity index (χ2n) is 6.98. The van der Waals surface area contributed by atoms with Gasteiger partial charge in [-0.25, -0.2) is 0 Å². The molecule has 2 aliphatic heterocycles. The van der Waals surface area contributed by atoms with Crippen molar-refractivity contribution in [1.82, 2.24) is 15.1 Å². The predicted octanol–water partition coefficient (Wildman–Crippen LogP) is 2.99. The molecule has 23 heavy (non-hydrogen) atoms. The van der Waals surface area contributed by atoms with Gasteiger partial charge in [-0.1, -0.05) is 20.8 Å². The number of halogens is 1. The molecule has 2 fully saturated rings. The Bertz CT molecular complexity index is 365. The van der Waals surface area contributed by atoms with E-state index in [4.69, 9.17) is 0 Å². The number of rotatable bonds is 5. The smallest absolute Gasteiger partial charge is 0.193 e. The van der Waals surface area contributed by atoms with Crippen LogP contribution < -0.4 is 5.32 Å². The molecular formula is C17H35IN4S. The summed E-state index contributed by atoms with van der Waals surface area (Å²) < 4.78 is 0. The van der Waals surface area contributed by atoms with Gasteiger partial charge in [0.1, 0.15) is 0 Å². The molecule has 0 aromatic carbocycles. The van der Waals surface area contributed by atoms with Crippen molar-refractivity contribution in [2.75, 3.05) is 52.1 Å². The molecule has 0 aliphatic carbocycles. The Kier molecular flexibility index (Phi) is 10.2. The highest BCUT2D eigenvalue weighted by molar-refractivity contribution is 14.0. The van der Waals surface area contributed by atoms with Crippen LogP contribution in [0, 0.1) is 11.8 Å². The quantitative estimate of drug-likeness (QED) is 0.393. The summed E-state index contributed by atoms with van der Waals surface area (Å²) in [5, 5.41) is 4.38. The number of likely N-dealkylation sites (tertiary alicyclic amines) is 1. The van der Waals surface area contributed by atoms with Gasteiger partial charge in [-0.2, -0.15) is 11.8 Å². The molecule has 0 amide bonds. The number of hydrogen-bond acceptors (Lipinski definition) is 3. The van der Waals surface area contributed by atoms with Crippen molar-refractivity contribution in [2.45, 2.75) is 38.9 Å². The normalized spacial score (nSPS) is 26.5. The highest BCUT2D eigenvalue weighted by Crippen LogP contribution is 2.25. The molecule has 2 unspecified atom stereocenters. The maximum atomic E-state index is 4.53. The second-order valence-corrected chi connectivity index (χ2v) is 8.33. The van der Waals surface area contributed by atoms with Crippen LogP contribution in [0.5, 0.6) is 0 Å². The van der Waals surface area contributed by atoms with Gasteiger partial charge in [-0.3, -0.25) is 4.99 Å². The standard InChI is InChI=1S/C17H34N4S.HI/c1-5-7-20-8-6-15(12-20)11-19-17(18-4)21-9-10-22-16(13-21)14(2)3;/h14-16H,5-13H2,1-4H3,(H,18,19);1H. The van der Waals surface area contributed by atoms with Crippen molar-refractivity contribution in [1.29, 1.82) is 0 Å². The number of nitrogens with one attached hydrogen (secondary N) is 1. The van der Waals surface area contributed by atoms with Crippen molar-refractivity contribution in [3.8, 4) is 0 Å². The third kappa shape index (κ3) is 6.61. The lowest BCUT2D eigenvalue weighted by molar-refractivity contribution is 0.323. The SMILES string of the molecule is CCCN1CCC(CNC(=NC)N2CCSC(C(C)C)C2)C1.I. The minimum atomic E-state index is 0. The van der Waals surface area contributed by atoms with E-state index in [9.17, 15) is 0 Å². The monoisotopic (exact) mass is 454 g/mol. The van der Waals surface area contributed by atoms with Crippen LogP contribution in [0.25, 0.3) is 0 Å². The fourth-order valence-corrected chi connectivity index (χ4v) is 4.74. The first-order valence-corrected chi connectivity index (χ1v) is 9.98. The average Bonchev–Trinajstić information content (AvgIpc) is 2.96. The Labute approximate surface area is 164 Å². The molecule has 0 bridgehead atoms. The maximum absolute atomic E-state index is 4.53. The van der Waals surface area contributed by atoms with Crippen LogP contribution in [0.1, 0.15) is 33.6 Å². The molecule has 6 heteroatoms. The van der Waals surface area contributed by atoms with E-state index in [1.807, 2.05) is 7.05 Å². The Hall–Kier alpha value is 0.310. The molecule has 1 N–H and O–H groups in total. The number of nitrogens with zero attached hydrogens (tertiary/aromatic N) is 3. The summed E-state index contributed by atoms with van der Waals surface area (Å²) in [4.78, 5) is 9.59. The Balaban J connectivity index is 0.00000264. The summed E-state index contributed by atoms with van der Waals surface area (Å²) >= 11 is 2.12. The summed E-state index contributed by atoms with van der Waals surface area (Å²) in [6, 6.07) is 0. The topological polar surface area (TPSA) is 30.9 Å². The first-order chi connectivity index (χ1) is 10.6. The fraction of sp³-hybridized carbons (Fsp3) is 0.941. The van der Waals surface area contributed by atoms with Gasteiger partial charge in [0.2, 0.25) is 0 Å². The fourth-order valence-electron chi connectivity index (χ4n) is 3.44. The largest absolute Gasteiger partial charge is 0.356 e. The summed E-state index contributed by atoms with van der Waals surface area (Å²) in [6.07, 6.45) is 2.60. The minimum absolute atomic E-state index is 0. The van der Waals surface area contributed by atoms with Crippen LogP contribution in [0.15, 0.2) is 4.99 Å². The van der Waals surface area contributed by atoms with Crippen molar-refractivity contribution in [2.24, 2.45) is 16.8 Å². The third-order valence-corrected chi connectivity index (χ3v) is 6.35. The van der Waals surface area contributed by atoms with Crippen LogP contribution >= 0.6 is 35.7 Å². The molecule has 0 saturated carbocycles. The van der Waals surface area contributed by atoms with Crippen molar-refractivity contribution >= 4 is 41.7 Å². The zero-order chi connectivity index (χ0) is 15.9. The van der Waals surface area contributed by atoms with Crippen molar-refractivity contribution in [3.05, 3.63) is 0 Å². The predicted molar refractivity (Wildman–Crippen MR) is 114 cm³/mol. The maximum Gasteiger partial charge on any atom is 0.193 e. The number of aliphatic imine (C=N–C) groups is 1. The molecule has 2 atom stereocenters. The molecule has 0 spiro atoms. The van der Waals surface area contributed by atoms with Crippen LogP contribution in [-0.4, -0.2) is 73.1 Å². The van der Waals surface area contributed by atoms with E-state index in [-0.39, 0.29) is 24.0 Å². The Morgan fingerprint density at radius 3 is 2.74 bits per heavy atom. The average molecular weight is 454 g/mol. The Morgan fingerprint density at radius 1 is 1.30 bits per heavy atom. The summed E-state index contributed by atoms with van der Waals surface area (Å²) in [6.45, 7) is 14.0. The second kappa shape index (κ2) is 11.0. The molecule has 2 aliphatic rings. The van der Waals surface area contributed by atoms with Crippen LogP contribution in [-0.2, 0) is 0 Å². The lowest BCUT2D eigenvalue weighted by Gasteiger charge is -2.36. The van der Waals surface area contributed by atoms with Crippen molar-refractivity contribution < 1.29 is 0 Å². The zero-order valence-corrected chi connectivity index (χ0v) is 18.4. The molecule has 0 aromatic rings. The number of guanidine groups is 1. The van der Waals surface area contributed by atoms with E-state index in [1.165, 1.54) is 38.2 Å². The van der Waals surface area contributed by atoms with Crippen LogP contribution in [0.3, 0.4) is 0 Å². The van der Waals surface area contributed by atoms with Crippen molar-refractivity contribution in [3.63, 3.8) is 0 Å². The van der Waals surface area contributed by atoms with E-state index in [1.54, 1.807) is 0 Å². The molecule has 0 aromatic heterocycles. The highest BCUT2D eigenvalue weighted by Gasteiger charge is 2.26. The molecule has 0 radical (unpaired) electrons. The van der Waals surface area contributed by atoms with Gasteiger partial charge >= 0.3 is 0 Å². The lowest BCUT2D eigenvalue weighted by Crippen LogP contribution is -2.50. The first kappa shape index (κ1) is 21.4. The minimum Gasteiger partial charge on any atom is -0.356 e. The van der Waals surface area contributed by atoms with E-state index < -0.39 is 0 Å². The number of thioether (sulfide) groups is 1. The molecule has 4 nitrogen and oxygen atoms in total. The Morgan fingerprint density at radius 2 is 2.09 bits per heavy atom. The van der Waals surface area contributed by atoms with Crippen LogP contribution in [0.2, 0.25) is 0 Å². The van der Waals surface area contributed by atoms with Gasteiger partial charge in [0.15, 0.2) is 5.96 Å². The first-order valence-electron chi connectivity index (χ1n) is 8.93. The van der Waals surface area contributed by atoms with Crippen LogP contribution in [0.4, 0.5) is 0 Å². The molecule has 2 heterocycles. The van der Waals surface area contributed by atoms with Gasteiger partial charge in [0.25, 0.3) is 0 Å². The molecule has 136 valence electrons.